The molecule has 2 N–H and O–H groups in total. The van der Waals surface area contributed by atoms with E-state index in [0.29, 0.717) is 55.3 Å². The largest absolute Gasteiger partial charge is 0.497 e. The van der Waals surface area contributed by atoms with Crippen LogP contribution < -0.4 is 20.3 Å². The standard InChI is InChI=1S/C31H37N5O4/c1-22(2)32-31(39)36-17-15-35(16-18-36)28-14-13-25(33-29(37)24-11-8-12-26(19-24)40-4)20-27(28)30(38)34(3)21-23-9-6-5-7-10-23/h5-14,19-20,22H,15-18,21H2,1-4H3,(H,32,39)(H,33,37). The fraction of sp³-hybridized carbons (Fsp3) is 0.323. The Morgan fingerprint density at radius 1 is 0.925 bits per heavy atom. The van der Waals surface area contributed by atoms with Gasteiger partial charge in [-0.2, -0.15) is 0 Å². The molecule has 0 bridgehead atoms. The fourth-order valence-corrected chi connectivity index (χ4v) is 4.65. The molecule has 1 saturated heterocycles. The number of nitrogens with zero attached hydrogens (tertiary/aromatic N) is 3. The van der Waals surface area contributed by atoms with Gasteiger partial charge in [-0.1, -0.05) is 36.4 Å². The highest BCUT2D eigenvalue weighted by Crippen LogP contribution is 2.28. The van der Waals surface area contributed by atoms with Gasteiger partial charge in [-0.15, -0.1) is 0 Å². The minimum atomic E-state index is -0.299. The highest BCUT2D eigenvalue weighted by atomic mass is 16.5. The molecule has 1 aliphatic heterocycles. The Balaban J connectivity index is 1.57. The third-order valence-corrected chi connectivity index (χ3v) is 6.75. The van der Waals surface area contributed by atoms with Crippen LogP contribution in [-0.2, 0) is 6.54 Å². The van der Waals surface area contributed by atoms with Gasteiger partial charge in [0.1, 0.15) is 5.75 Å². The number of benzene rings is 3. The van der Waals surface area contributed by atoms with Gasteiger partial charge >= 0.3 is 6.03 Å². The van der Waals surface area contributed by atoms with Crippen LogP contribution in [0.5, 0.6) is 5.75 Å². The number of anilines is 2. The second kappa shape index (κ2) is 13.0. The summed E-state index contributed by atoms with van der Waals surface area (Å²) in [5.41, 5.74) is 3.25. The molecule has 3 aromatic carbocycles. The number of urea groups is 1. The van der Waals surface area contributed by atoms with Gasteiger partial charge in [0.15, 0.2) is 0 Å². The topological polar surface area (TPSA) is 94.2 Å². The van der Waals surface area contributed by atoms with Gasteiger partial charge in [0.2, 0.25) is 0 Å². The van der Waals surface area contributed by atoms with Crippen molar-refractivity contribution in [3.8, 4) is 5.75 Å². The molecule has 1 heterocycles. The Hall–Kier alpha value is -4.53. The smallest absolute Gasteiger partial charge is 0.317 e. The summed E-state index contributed by atoms with van der Waals surface area (Å²) in [7, 11) is 3.32. The lowest BCUT2D eigenvalue weighted by atomic mass is 10.1. The van der Waals surface area contributed by atoms with Gasteiger partial charge in [-0.05, 0) is 55.8 Å². The Bertz CT molecular complexity index is 1340. The summed E-state index contributed by atoms with van der Waals surface area (Å²) in [6, 6.07) is 22.1. The number of piperazine rings is 1. The molecule has 0 radical (unpaired) electrons. The fourth-order valence-electron chi connectivity index (χ4n) is 4.65. The number of nitrogens with one attached hydrogen (secondary N) is 2. The third-order valence-electron chi connectivity index (χ3n) is 6.75. The van der Waals surface area contributed by atoms with E-state index in [0.717, 1.165) is 11.3 Å². The molecular weight excluding hydrogens is 506 g/mol. The number of methoxy groups -OCH3 is 1. The van der Waals surface area contributed by atoms with Crippen molar-refractivity contribution in [2.75, 3.05) is 50.6 Å². The van der Waals surface area contributed by atoms with E-state index in [-0.39, 0.29) is 23.9 Å². The van der Waals surface area contributed by atoms with Crippen molar-refractivity contribution in [3.05, 3.63) is 89.5 Å². The molecule has 0 unspecified atom stereocenters. The zero-order chi connectivity index (χ0) is 28.6. The van der Waals surface area contributed by atoms with E-state index >= 15 is 0 Å². The first-order valence-corrected chi connectivity index (χ1v) is 13.4. The van der Waals surface area contributed by atoms with Gasteiger partial charge < -0.3 is 30.1 Å². The third kappa shape index (κ3) is 7.11. The second-order valence-corrected chi connectivity index (χ2v) is 10.1. The molecule has 1 fully saturated rings. The van der Waals surface area contributed by atoms with E-state index in [4.69, 9.17) is 4.74 Å². The Morgan fingerprint density at radius 3 is 2.33 bits per heavy atom. The highest BCUT2D eigenvalue weighted by molar-refractivity contribution is 6.06. The number of rotatable bonds is 8. The quantitative estimate of drug-likeness (QED) is 0.438. The molecule has 0 aromatic heterocycles. The highest BCUT2D eigenvalue weighted by Gasteiger charge is 2.26. The lowest BCUT2D eigenvalue weighted by molar-refractivity contribution is 0.0785. The average Bonchev–Trinajstić information content (AvgIpc) is 2.97. The first-order valence-electron chi connectivity index (χ1n) is 13.4. The van der Waals surface area contributed by atoms with Crippen molar-refractivity contribution in [1.29, 1.82) is 0 Å². The lowest BCUT2D eigenvalue weighted by Gasteiger charge is -2.37. The molecular formula is C31H37N5O4. The van der Waals surface area contributed by atoms with Crippen LogP contribution in [0.25, 0.3) is 0 Å². The predicted octanol–water partition coefficient (Wildman–Crippen LogP) is 4.46. The SMILES string of the molecule is COc1cccc(C(=O)Nc2ccc(N3CCN(C(=O)NC(C)C)CC3)c(C(=O)N(C)Cc3ccccc3)c2)c1. The molecule has 40 heavy (non-hydrogen) atoms. The van der Waals surface area contributed by atoms with Crippen LogP contribution in [0.2, 0.25) is 0 Å². The van der Waals surface area contributed by atoms with Crippen molar-refractivity contribution in [2.24, 2.45) is 0 Å². The van der Waals surface area contributed by atoms with Crippen molar-refractivity contribution in [2.45, 2.75) is 26.4 Å². The lowest BCUT2D eigenvalue weighted by Crippen LogP contribution is -2.53. The van der Waals surface area contributed by atoms with Crippen LogP contribution >= 0.6 is 0 Å². The number of carbonyl (C=O) groups is 3. The van der Waals surface area contributed by atoms with Crippen molar-refractivity contribution >= 4 is 29.2 Å². The van der Waals surface area contributed by atoms with Crippen LogP contribution in [0, 0.1) is 0 Å². The maximum Gasteiger partial charge on any atom is 0.317 e. The number of hydrogen-bond donors (Lipinski definition) is 2. The van der Waals surface area contributed by atoms with Crippen LogP contribution in [0.4, 0.5) is 16.2 Å². The molecule has 1 aliphatic rings. The Kier molecular flexibility index (Phi) is 9.27. The molecule has 9 nitrogen and oxygen atoms in total. The molecule has 0 aliphatic carbocycles. The van der Waals surface area contributed by atoms with Crippen LogP contribution in [-0.4, -0.2) is 74.0 Å². The minimum absolute atomic E-state index is 0.0645. The van der Waals surface area contributed by atoms with E-state index in [2.05, 4.69) is 15.5 Å². The van der Waals surface area contributed by atoms with Crippen molar-refractivity contribution in [3.63, 3.8) is 0 Å². The van der Waals surface area contributed by atoms with Crippen LogP contribution in [0.15, 0.2) is 72.8 Å². The predicted molar refractivity (Wildman–Crippen MR) is 157 cm³/mol. The van der Waals surface area contributed by atoms with E-state index < -0.39 is 0 Å². The molecule has 0 atom stereocenters. The van der Waals surface area contributed by atoms with Crippen LogP contribution in [0.3, 0.4) is 0 Å². The van der Waals surface area contributed by atoms with Gasteiger partial charge in [0.25, 0.3) is 11.8 Å². The summed E-state index contributed by atoms with van der Waals surface area (Å²) in [5.74, 6) is 0.131. The van der Waals surface area contributed by atoms with E-state index in [1.807, 2.05) is 50.2 Å². The molecule has 4 rings (SSSR count). The maximum atomic E-state index is 13.8. The second-order valence-electron chi connectivity index (χ2n) is 10.1. The zero-order valence-corrected chi connectivity index (χ0v) is 23.5. The van der Waals surface area contributed by atoms with Gasteiger partial charge in [0.05, 0.1) is 12.7 Å². The zero-order valence-electron chi connectivity index (χ0n) is 23.5. The first-order chi connectivity index (χ1) is 19.2. The summed E-state index contributed by atoms with van der Waals surface area (Å²) >= 11 is 0. The van der Waals surface area contributed by atoms with Gasteiger partial charge in [-0.25, -0.2) is 4.79 Å². The van der Waals surface area contributed by atoms with Crippen LogP contribution in [0.1, 0.15) is 40.1 Å². The summed E-state index contributed by atoms with van der Waals surface area (Å²) in [6.07, 6.45) is 0. The van der Waals surface area contributed by atoms with Gasteiger partial charge in [-0.3, -0.25) is 9.59 Å². The number of ether oxygens (including phenoxy) is 1. The molecule has 0 spiro atoms. The summed E-state index contributed by atoms with van der Waals surface area (Å²) < 4.78 is 5.24. The summed E-state index contributed by atoms with van der Waals surface area (Å²) in [4.78, 5) is 44.9. The summed E-state index contributed by atoms with van der Waals surface area (Å²) in [5, 5.41) is 5.86. The molecule has 9 heteroatoms. The monoisotopic (exact) mass is 543 g/mol. The van der Waals surface area contributed by atoms with E-state index in [1.165, 1.54) is 0 Å². The van der Waals surface area contributed by atoms with Gasteiger partial charge in [0, 0.05) is 62.8 Å². The molecule has 4 amide bonds. The average molecular weight is 544 g/mol. The molecule has 0 saturated carbocycles. The molecule has 210 valence electrons. The Morgan fingerprint density at radius 2 is 1.65 bits per heavy atom. The van der Waals surface area contributed by atoms with E-state index in [9.17, 15) is 14.4 Å². The van der Waals surface area contributed by atoms with E-state index in [1.54, 1.807) is 60.4 Å². The normalized spacial score (nSPS) is 13.1. The first kappa shape index (κ1) is 28.5. The number of carbonyl (C=O) groups excluding carboxylic acids is 3. The summed E-state index contributed by atoms with van der Waals surface area (Å²) in [6.45, 7) is 6.58. The minimum Gasteiger partial charge on any atom is -0.497 e. The Labute approximate surface area is 235 Å². The number of hydrogen-bond acceptors (Lipinski definition) is 5. The van der Waals surface area contributed by atoms with Crippen molar-refractivity contribution < 1.29 is 19.1 Å². The molecule has 3 aromatic rings. The maximum absolute atomic E-state index is 13.8. The van der Waals surface area contributed by atoms with Crippen molar-refractivity contribution in [1.82, 2.24) is 15.1 Å². The number of amides is 4.